The number of hydrogen-bond donors (Lipinski definition) is 2. The highest BCUT2D eigenvalue weighted by molar-refractivity contribution is 6.34. The summed E-state index contributed by atoms with van der Waals surface area (Å²) in [4.78, 5) is 11.7. The van der Waals surface area contributed by atoms with Gasteiger partial charge < -0.3 is 10.4 Å². The molecule has 3 nitrogen and oxygen atoms in total. The van der Waals surface area contributed by atoms with Crippen molar-refractivity contribution in [3.05, 3.63) is 39.9 Å². The van der Waals surface area contributed by atoms with Gasteiger partial charge in [0.25, 0.3) is 0 Å². The maximum atomic E-state index is 11.7. The van der Waals surface area contributed by atoms with E-state index in [2.05, 4.69) is 5.32 Å². The van der Waals surface area contributed by atoms with Crippen LogP contribution in [-0.4, -0.2) is 23.7 Å². The number of carbonyl (C=O) groups is 1. The summed E-state index contributed by atoms with van der Waals surface area (Å²) in [5.74, 6) is -0.110. The normalized spacial score (nSPS) is 12.9. The number of benzene rings is 1. The Morgan fingerprint density at radius 3 is 2.68 bits per heavy atom. The van der Waals surface area contributed by atoms with Crippen molar-refractivity contribution in [2.24, 2.45) is 5.92 Å². The van der Waals surface area contributed by atoms with Gasteiger partial charge in [-0.05, 0) is 35.8 Å². The number of halogens is 2. The van der Waals surface area contributed by atoms with Gasteiger partial charge in [-0.3, -0.25) is 4.79 Å². The minimum absolute atomic E-state index is 0.0881. The van der Waals surface area contributed by atoms with E-state index in [1.54, 1.807) is 24.3 Å². The van der Waals surface area contributed by atoms with E-state index in [9.17, 15) is 4.79 Å². The van der Waals surface area contributed by atoms with Gasteiger partial charge in [0.1, 0.15) is 0 Å². The smallest absolute Gasteiger partial charge is 0.244 e. The quantitative estimate of drug-likeness (QED) is 0.821. The lowest BCUT2D eigenvalue weighted by molar-refractivity contribution is -0.117. The summed E-state index contributed by atoms with van der Waals surface area (Å²) in [6, 6.07) is 4.78. The predicted octanol–water partition coefficient (Wildman–Crippen LogP) is 3.14. The number of hydrogen-bond acceptors (Lipinski definition) is 2. The Hall–Kier alpha value is -1.03. The molecule has 1 aromatic carbocycles. The fraction of sp³-hybridized carbons (Fsp3) is 0.357. The van der Waals surface area contributed by atoms with Crippen LogP contribution in [0.5, 0.6) is 0 Å². The Morgan fingerprint density at radius 1 is 1.42 bits per heavy atom. The molecule has 1 atom stereocenters. The van der Waals surface area contributed by atoms with Crippen molar-refractivity contribution in [2.45, 2.75) is 19.9 Å². The Bertz CT molecular complexity index is 473. The van der Waals surface area contributed by atoms with Crippen molar-refractivity contribution in [2.75, 3.05) is 6.61 Å². The van der Waals surface area contributed by atoms with Crippen LogP contribution in [0.15, 0.2) is 24.3 Å². The van der Waals surface area contributed by atoms with Crippen molar-refractivity contribution in [1.29, 1.82) is 0 Å². The summed E-state index contributed by atoms with van der Waals surface area (Å²) < 4.78 is 0. The van der Waals surface area contributed by atoms with Crippen molar-refractivity contribution in [3.8, 4) is 0 Å². The standard InChI is InChI=1S/C14H17Cl2NO2/c1-9(2)13(8-18)17-14(19)6-3-10-7-11(15)4-5-12(10)16/h3-7,9,13,18H,8H2,1-2H3,(H,17,19). The van der Waals surface area contributed by atoms with E-state index in [1.807, 2.05) is 13.8 Å². The summed E-state index contributed by atoms with van der Waals surface area (Å²) in [7, 11) is 0. The first kappa shape index (κ1) is 16.0. The van der Waals surface area contributed by atoms with E-state index in [-0.39, 0.29) is 24.5 Å². The number of nitrogens with one attached hydrogen (secondary N) is 1. The summed E-state index contributed by atoms with van der Waals surface area (Å²) in [5.41, 5.74) is 0.675. The molecule has 19 heavy (non-hydrogen) atoms. The van der Waals surface area contributed by atoms with Gasteiger partial charge in [0.15, 0.2) is 0 Å². The van der Waals surface area contributed by atoms with Crippen LogP contribution in [-0.2, 0) is 4.79 Å². The average molecular weight is 302 g/mol. The third kappa shape index (κ3) is 5.23. The highest BCUT2D eigenvalue weighted by Gasteiger charge is 2.13. The Balaban J connectivity index is 2.70. The van der Waals surface area contributed by atoms with Crippen LogP contribution in [0.3, 0.4) is 0 Å². The van der Waals surface area contributed by atoms with Crippen LogP contribution in [0.4, 0.5) is 0 Å². The Kier molecular flexibility index (Phi) is 6.35. The lowest BCUT2D eigenvalue weighted by Gasteiger charge is -2.18. The van der Waals surface area contributed by atoms with E-state index in [4.69, 9.17) is 28.3 Å². The molecule has 0 radical (unpaired) electrons. The number of rotatable bonds is 5. The molecule has 104 valence electrons. The molecule has 0 fully saturated rings. The molecule has 0 heterocycles. The topological polar surface area (TPSA) is 49.3 Å². The van der Waals surface area contributed by atoms with Crippen molar-refractivity contribution in [3.63, 3.8) is 0 Å². The monoisotopic (exact) mass is 301 g/mol. The second kappa shape index (κ2) is 7.53. The lowest BCUT2D eigenvalue weighted by Crippen LogP contribution is -2.40. The van der Waals surface area contributed by atoms with Crippen LogP contribution in [0.2, 0.25) is 10.0 Å². The van der Waals surface area contributed by atoms with E-state index in [0.717, 1.165) is 0 Å². The van der Waals surface area contributed by atoms with Crippen LogP contribution >= 0.6 is 23.2 Å². The Morgan fingerprint density at radius 2 is 2.11 bits per heavy atom. The van der Waals surface area contributed by atoms with Crippen LogP contribution in [0.1, 0.15) is 19.4 Å². The van der Waals surface area contributed by atoms with E-state index < -0.39 is 0 Å². The third-order valence-electron chi connectivity index (χ3n) is 2.70. The van der Waals surface area contributed by atoms with Crippen LogP contribution in [0, 0.1) is 5.92 Å². The van der Waals surface area contributed by atoms with E-state index in [1.165, 1.54) is 6.08 Å². The number of aliphatic hydroxyl groups is 1. The minimum atomic E-state index is -0.274. The maximum Gasteiger partial charge on any atom is 0.244 e. The molecular weight excluding hydrogens is 285 g/mol. The molecule has 2 N–H and O–H groups in total. The van der Waals surface area contributed by atoms with Gasteiger partial charge in [-0.15, -0.1) is 0 Å². The second-order valence-corrected chi connectivity index (χ2v) is 5.38. The average Bonchev–Trinajstić information content (AvgIpc) is 2.36. The van der Waals surface area contributed by atoms with Gasteiger partial charge in [-0.2, -0.15) is 0 Å². The van der Waals surface area contributed by atoms with Crippen molar-refractivity contribution >= 4 is 35.2 Å². The maximum absolute atomic E-state index is 11.7. The molecule has 0 spiro atoms. The highest BCUT2D eigenvalue weighted by atomic mass is 35.5. The lowest BCUT2D eigenvalue weighted by atomic mass is 10.1. The van der Waals surface area contributed by atoms with Crippen molar-refractivity contribution < 1.29 is 9.90 Å². The summed E-state index contributed by atoms with van der Waals surface area (Å²) in [6.07, 6.45) is 2.97. The molecule has 0 aliphatic carbocycles. The second-order valence-electron chi connectivity index (χ2n) is 4.54. The van der Waals surface area contributed by atoms with Gasteiger partial charge in [0.05, 0.1) is 12.6 Å². The van der Waals surface area contributed by atoms with E-state index >= 15 is 0 Å². The van der Waals surface area contributed by atoms with Crippen LogP contribution < -0.4 is 5.32 Å². The molecule has 1 amide bonds. The summed E-state index contributed by atoms with van der Waals surface area (Å²) in [6.45, 7) is 3.77. The van der Waals surface area contributed by atoms with Gasteiger partial charge in [0.2, 0.25) is 5.91 Å². The minimum Gasteiger partial charge on any atom is -0.394 e. The molecule has 0 aliphatic rings. The number of aliphatic hydroxyl groups excluding tert-OH is 1. The first-order valence-electron chi connectivity index (χ1n) is 5.98. The van der Waals surface area contributed by atoms with Gasteiger partial charge in [0, 0.05) is 16.1 Å². The summed E-state index contributed by atoms with van der Waals surface area (Å²) >= 11 is 11.8. The SMILES string of the molecule is CC(C)C(CO)NC(=O)C=Cc1cc(Cl)ccc1Cl. The largest absolute Gasteiger partial charge is 0.394 e. The molecule has 0 bridgehead atoms. The zero-order chi connectivity index (χ0) is 14.4. The van der Waals surface area contributed by atoms with Gasteiger partial charge in [-0.25, -0.2) is 0 Å². The molecule has 1 rings (SSSR count). The Labute approximate surface area is 123 Å². The molecule has 0 aromatic heterocycles. The molecular formula is C14H17Cl2NO2. The zero-order valence-corrected chi connectivity index (χ0v) is 12.4. The molecule has 5 heteroatoms. The molecule has 1 unspecified atom stereocenters. The molecule has 0 aliphatic heterocycles. The van der Waals surface area contributed by atoms with Crippen molar-refractivity contribution in [1.82, 2.24) is 5.32 Å². The van der Waals surface area contributed by atoms with Gasteiger partial charge in [-0.1, -0.05) is 37.0 Å². The first-order chi connectivity index (χ1) is 8.93. The third-order valence-corrected chi connectivity index (χ3v) is 3.28. The van der Waals surface area contributed by atoms with Gasteiger partial charge >= 0.3 is 0 Å². The highest BCUT2D eigenvalue weighted by Crippen LogP contribution is 2.21. The van der Waals surface area contributed by atoms with E-state index in [0.29, 0.717) is 15.6 Å². The fourth-order valence-electron chi connectivity index (χ4n) is 1.46. The predicted molar refractivity (Wildman–Crippen MR) is 79.4 cm³/mol. The number of amides is 1. The first-order valence-corrected chi connectivity index (χ1v) is 6.74. The zero-order valence-electron chi connectivity index (χ0n) is 10.9. The molecule has 0 saturated heterocycles. The number of carbonyl (C=O) groups excluding carboxylic acids is 1. The van der Waals surface area contributed by atoms with Crippen LogP contribution in [0.25, 0.3) is 6.08 Å². The molecule has 1 aromatic rings. The molecule has 0 saturated carbocycles. The fourth-order valence-corrected chi connectivity index (χ4v) is 1.82. The summed E-state index contributed by atoms with van der Waals surface area (Å²) in [5, 5.41) is 12.9.